The summed E-state index contributed by atoms with van der Waals surface area (Å²) in [5.74, 6) is 2.60. The average molecular weight is 867 g/mol. The van der Waals surface area contributed by atoms with Gasteiger partial charge in [0.2, 0.25) is 0 Å². The van der Waals surface area contributed by atoms with Crippen molar-refractivity contribution in [3.63, 3.8) is 0 Å². The molecule has 0 heterocycles. The van der Waals surface area contributed by atoms with Crippen LogP contribution in [0.3, 0.4) is 0 Å². The third-order valence-corrected chi connectivity index (χ3v) is 14.7. The fourth-order valence-electron chi connectivity index (χ4n) is 11.6. The Morgan fingerprint density at radius 3 is 0.881 bits per heavy atom. The Labute approximate surface area is 397 Å². The van der Waals surface area contributed by atoms with E-state index in [1.54, 1.807) is 0 Å². The highest BCUT2D eigenvalue weighted by atomic mass is 15.1. The maximum Gasteiger partial charge on any atom is 0.0462 e. The maximum atomic E-state index is 2.53. The average Bonchev–Trinajstić information content (AvgIpc) is 3.38. The monoisotopic (exact) mass is 866 g/mol. The summed E-state index contributed by atoms with van der Waals surface area (Å²) in [7, 11) is 0. The minimum absolute atomic E-state index is 0.248. The molecule has 0 amide bonds. The molecule has 2 aliphatic rings. The van der Waals surface area contributed by atoms with Gasteiger partial charge in [0.05, 0.1) is 0 Å². The van der Waals surface area contributed by atoms with E-state index in [1.807, 2.05) is 0 Å². The lowest BCUT2D eigenvalue weighted by Gasteiger charge is -2.47. The molecule has 2 aliphatic carbocycles. The molecule has 9 aromatic rings. The van der Waals surface area contributed by atoms with Gasteiger partial charge in [0, 0.05) is 34.1 Å². The van der Waals surface area contributed by atoms with Gasteiger partial charge in [-0.2, -0.15) is 0 Å². The molecule has 2 atom stereocenters. The van der Waals surface area contributed by atoms with E-state index in [2.05, 4.69) is 260 Å². The summed E-state index contributed by atoms with van der Waals surface area (Å²) >= 11 is 0. The van der Waals surface area contributed by atoms with E-state index < -0.39 is 0 Å². The summed E-state index contributed by atoms with van der Waals surface area (Å²) in [6.45, 7) is 5.00. The van der Waals surface area contributed by atoms with Gasteiger partial charge in [-0.05, 0) is 178 Å². The summed E-state index contributed by atoms with van der Waals surface area (Å²) < 4.78 is 0. The van der Waals surface area contributed by atoms with Gasteiger partial charge < -0.3 is 9.80 Å². The molecule has 328 valence electrons. The Balaban J connectivity index is 0.816. The molecule has 67 heavy (non-hydrogen) atoms. The minimum atomic E-state index is 0.248. The first kappa shape index (κ1) is 42.2. The summed E-state index contributed by atoms with van der Waals surface area (Å²) in [6.07, 6.45) is 6.85. The third kappa shape index (κ3) is 8.97. The smallest absolute Gasteiger partial charge is 0.0462 e. The minimum Gasteiger partial charge on any atom is -0.311 e. The van der Waals surface area contributed by atoms with Crippen molar-refractivity contribution in [2.45, 2.75) is 51.4 Å². The van der Waals surface area contributed by atoms with Crippen molar-refractivity contribution in [2.24, 2.45) is 17.8 Å². The van der Waals surface area contributed by atoms with Crippen molar-refractivity contribution in [2.75, 3.05) is 9.80 Å². The van der Waals surface area contributed by atoms with E-state index in [9.17, 15) is 0 Å². The van der Waals surface area contributed by atoms with Crippen LogP contribution in [0.5, 0.6) is 0 Å². The molecule has 0 spiro atoms. The first-order valence-corrected chi connectivity index (χ1v) is 24.3. The SMILES string of the molecule is CC1CC2CC(C1)CC(C)(c1ccc(N(c3ccc(-c4ccccc4)cc3)c3ccc(-c4ccc(-c5ccc(-c6ccc(N(c7ccccc7)c7ccccc7)cc6)cc5)cc4)cc3)cc1)C2. The van der Waals surface area contributed by atoms with Gasteiger partial charge in [0.1, 0.15) is 0 Å². The van der Waals surface area contributed by atoms with Crippen molar-refractivity contribution in [3.8, 4) is 44.5 Å². The standard InChI is InChI=1S/C65H58N2/c1-47-42-48-44-49(43-47)46-65(2,45-48)58-32-40-64(41-33-58)67(62-34-26-55(27-35-62)50-12-6-3-7-13-50)63-38-30-57(31-39-63)54-24-20-52(21-25-54)51-18-22-53(23-19-51)56-28-36-61(37-29-56)66(59-14-8-4-9-15-59)60-16-10-5-11-17-60/h3-41,47-49H,42-46H2,1-2H3. The number of hydrogen-bond acceptors (Lipinski definition) is 2. The number of para-hydroxylation sites is 2. The largest absolute Gasteiger partial charge is 0.311 e. The Morgan fingerprint density at radius 1 is 0.299 bits per heavy atom. The Bertz CT molecular complexity index is 2960. The molecule has 2 heteroatoms. The summed E-state index contributed by atoms with van der Waals surface area (Å²) in [5, 5.41) is 0. The highest BCUT2D eigenvalue weighted by Gasteiger charge is 2.41. The number of anilines is 6. The predicted octanol–water partition coefficient (Wildman–Crippen LogP) is 18.4. The number of rotatable bonds is 11. The molecule has 9 aromatic carbocycles. The van der Waals surface area contributed by atoms with Gasteiger partial charge >= 0.3 is 0 Å². The van der Waals surface area contributed by atoms with Gasteiger partial charge in [0.15, 0.2) is 0 Å². The van der Waals surface area contributed by atoms with Crippen molar-refractivity contribution < 1.29 is 0 Å². The fourth-order valence-corrected chi connectivity index (χ4v) is 11.6. The van der Waals surface area contributed by atoms with Crippen molar-refractivity contribution >= 4 is 34.1 Å². The van der Waals surface area contributed by atoms with E-state index in [1.165, 1.54) is 87.9 Å². The lowest BCUT2D eigenvalue weighted by molar-refractivity contribution is 0.0899. The van der Waals surface area contributed by atoms with Crippen molar-refractivity contribution in [3.05, 3.63) is 242 Å². The second kappa shape index (κ2) is 18.5. The van der Waals surface area contributed by atoms with Crippen LogP contribution in [-0.4, -0.2) is 0 Å². The van der Waals surface area contributed by atoms with Crippen molar-refractivity contribution in [1.29, 1.82) is 0 Å². The van der Waals surface area contributed by atoms with Crippen LogP contribution >= 0.6 is 0 Å². The van der Waals surface area contributed by atoms with Crippen LogP contribution in [0.2, 0.25) is 0 Å². The second-order valence-electron chi connectivity index (χ2n) is 19.6. The maximum absolute atomic E-state index is 2.53. The van der Waals surface area contributed by atoms with Crippen molar-refractivity contribution in [1.82, 2.24) is 0 Å². The summed E-state index contributed by atoms with van der Waals surface area (Å²) in [5.41, 5.74) is 18.3. The van der Waals surface area contributed by atoms with Crippen LogP contribution in [0, 0.1) is 17.8 Å². The van der Waals surface area contributed by atoms with Crippen LogP contribution in [-0.2, 0) is 5.41 Å². The number of hydrogen-bond donors (Lipinski definition) is 0. The predicted molar refractivity (Wildman–Crippen MR) is 284 cm³/mol. The third-order valence-electron chi connectivity index (χ3n) is 14.7. The van der Waals surface area contributed by atoms with Gasteiger partial charge in [-0.15, -0.1) is 0 Å². The van der Waals surface area contributed by atoms with Gasteiger partial charge in [-0.3, -0.25) is 0 Å². The Morgan fingerprint density at radius 2 is 0.552 bits per heavy atom. The van der Waals surface area contributed by atoms with Crippen LogP contribution < -0.4 is 9.80 Å². The molecule has 0 saturated heterocycles. The van der Waals surface area contributed by atoms with E-state index >= 15 is 0 Å². The van der Waals surface area contributed by atoms with Gasteiger partial charge in [0.25, 0.3) is 0 Å². The van der Waals surface area contributed by atoms with Gasteiger partial charge in [-0.25, -0.2) is 0 Å². The first-order chi connectivity index (χ1) is 32.9. The molecule has 2 fully saturated rings. The molecule has 0 aromatic heterocycles. The van der Waals surface area contributed by atoms with Crippen LogP contribution in [0.4, 0.5) is 34.1 Å². The van der Waals surface area contributed by atoms with E-state index in [0.717, 1.165) is 46.2 Å². The lowest BCUT2D eigenvalue weighted by Crippen LogP contribution is -2.38. The molecular formula is C65H58N2. The molecule has 2 saturated carbocycles. The first-order valence-electron chi connectivity index (χ1n) is 24.3. The summed E-state index contributed by atoms with van der Waals surface area (Å²) in [4.78, 5) is 4.71. The molecule has 2 unspecified atom stereocenters. The molecule has 0 aliphatic heterocycles. The lowest BCUT2D eigenvalue weighted by atomic mass is 9.57. The Kier molecular flexibility index (Phi) is 11.6. The molecular weight excluding hydrogens is 809 g/mol. The Hall–Kier alpha value is -7.42. The zero-order valence-corrected chi connectivity index (χ0v) is 38.7. The number of fused-ring (bicyclic) bond motifs is 2. The zero-order chi connectivity index (χ0) is 45.2. The summed E-state index contributed by atoms with van der Waals surface area (Å²) in [6, 6.07) is 86.3. The highest BCUT2D eigenvalue weighted by Crippen LogP contribution is 2.52. The zero-order valence-electron chi connectivity index (χ0n) is 38.7. The quantitative estimate of drug-likeness (QED) is 0.128. The fraction of sp³-hybridized carbons (Fsp3) is 0.169. The number of nitrogens with zero attached hydrogens (tertiary/aromatic N) is 2. The highest BCUT2D eigenvalue weighted by molar-refractivity contribution is 5.82. The van der Waals surface area contributed by atoms with Crippen LogP contribution in [0.25, 0.3) is 44.5 Å². The van der Waals surface area contributed by atoms with E-state index in [-0.39, 0.29) is 5.41 Å². The molecule has 2 bridgehead atoms. The van der Waals surface area contributed by atoms with Crippen LogP contribution in [0.15, 0.2) is 237 Å². The second-order valence-corrected chi connectivity index (χ2v) is 19.6. The van der Waals surface area contributed by atoms with Crippen LogP contribution in [0.1, 0.15) is 51.5 Å². The molecule has 2 nitrogen and oxygen atoms in total. The van der Waals surface area contributed by atoms with E-state index in [0.29, 0.717) is 0 Å². The van der Waals surface area contributed by atoms with E-state index in [4.69, 9.17) is 0 Å². The topological polar surface area (TPSA) is 6.48 Å². The molecule has 11 rings (SSSR count). The van der Waals surface area contributed by atoms with Gasteiger partial charge in [-0.1, -0.05) is 178 Å². The number of benzene rings is 9. The molecule has 0 radical (unpaired) electrons. The molecule has 0 N–H and O–H groups in total. The normalized spacial score (nSPS) is 18.8.